The van der Waals surface area contributed by atoms with E-state index in [0.29, 0.717) is 12.8 Å². The predicted molar refractivity (Wildman–Crippen MR) is 183 cm³/mol. The van der Waals surface area contributed by atoms with Gasteiger partial charge in [-0.15, -0.1) is 0 Å². The molecule has 0 aromatic carbocycles. The van der Waals surface area contributed by atoms with Gasteiger partial charge < -0.3 is 19.7 Å². The molecular weight excluding hydrogens is 544 g/mol. The number of fused-ring (bicyclic) bond motifs is 3. The Hall–Kier alpha value is -2.50. The van der Waals surface area contributed by atoms with Crippen molar-refractivity contribution in [2.24, 2.45) is 10.8 Å². The van der Waals surface area contributed by atoms with Crippen LogP contribution in [0.3, 0.4) is 0 Å². The fourth-order valence-electron chi connectivity index (χ4n) is 8.07. The lowest BCUT2D eigenvalue weighted by Gasteiger charge is -2.46. The van der Waals surface area contributed by atoms with Gasteiger partial charge in [-0.1, -0.05) is 111 Å². The second-order valence-electron chi connectivity index (χ2n) is 15.4. The van der Waals surface area contributed by atoms with Crippen LogP contribution in [0.5, 0.6) is 0 Å². The number of hydrogen-bond donors (Lipinski definition) is 2. The van der Waals surface area contributed by atoms with E-state index in [1.807, 2.05) is 6.92 Å². The molecule has 3 aliphatic heterocycles. The van der Waals surface area contributed by atoms with E-state index in [-0.39, 0.29) is 34.7 Å². The lowest BCUT2D eigenvalue weighted by atomic mass is 9.61. The first-order valence-corrected chi connectivity index (χ1v) is 16.3. The van der Waals surface area contributed by atoms with Gasteiger partial charge in [0.25, 0.3) is 0 Å². The molecule has 6 atom stereocenters. The lowest BCUT2D eigenvalue weighted by molar-refractivity contribution is -0.115. The number of aliphatic hydroxyl groups is 2. The van der Waals surface area contributed by atoms with Crippen LogP contribution in [0.1, 0.15) is 94.9 Å². The van der Waals surface area contributed by atoms with Crippen molar-refractivity contribution >= 4 is 0 Å². The van der Waals surface area contributed by atoms with Gasteiger partial charge in [0.15, 0.2) is 0 Å². The molecule has 2 saturated heterocycles. The zero-order chi connectivity index (χ0) is 32.6. The lowest BCUT2D eigenvalue weighted by Crippen LogP contribution is -2.56. The topological polar surface area (TPSA) is 58.9 Å². The summed E-state index contributed by atoms with van der Waals surface area (Å²) >= 11 is 0. The summed E-state index contributed by atoms with van der Waals surface area (Å²) in [5.41, 5.74) is 3.90. The van der Waals surface area contributed by atoms with Gasteiger partial charge >= 0.3 is 0 Å². The number of hydrogen-bond acceptors (Lipinski definition) is 4. The second kappa shape index (κ2) is 12.7. The fraction of sp³-hybridized carbons (Fsp3) is 0.550. The summed E-state index contributed by atoms with van der Waals surface area (Å²) in [7, 11) is 0. The number of rotatable bonds is 9. The first-order chi connectivity index (χ1) is 20.4. The van der Waals surface area contributed by atoms with E-state index in [0.717, 1.165) is 35.1 Å². The minimum Gasteiger partial charge on any atom is -0.393 e. The Balaban J connectivity index is 1.29. The van der Waals surface area contributed by atoms with E-state index >= 15 is 0 Å². The largest absolute Gasteiger partial charge is 0.393 e. The van der Waals surface area contributed by atoms with Gasteiger partial charge in [-0.2, -0.15) is 0 Å². The Bertz CT molecular complexity index is 1350. The Morgan fingerprint density at radius 1 is 0.727 bits per heavy atom. The van der Waals surface area contributed by atoms with Gasteiger partial charge in [-0.3, -0.25) is 0 Å². The molecule has 4 nitrogen and oxygen atoms in total. The number of allylic oxidation sites excluding steroid dienone is 14. The fourth-order valence-corrected chi connectivity index (χ4v) is 8.07. The van der Waals surface area contributed by atoms with Crippen LogP contribution in [-0.4, -0.2) is 45.3 Å². The van der Waals surface area contributed by atoms with Crippen LogP contribution in [0, 0.1) is 10.8 Å². The summed E-state index contributed by atoms with van der Waals surface area (Å²) in [5.74, 6) is 0. The third-order valence-electron chi connectivity index (χ3n) is 10.2. The number of aliphatic hydroxyl groups excluding tert-OH is 1. The summed E-state index contributed by atoms with van der Waals surface area (Å²) in [6.07, 6.45) is 30.2. The van der Waals surface area contributed by atoms with E-state index in [4.69, 9.17) is 9.47 Å². The van der Waals surface area contributed by atoms with Crippen molar-refractivity contribution in [3.05, 3.63) is 107 Å². The smallest absolute Gasteiger partial charge is 0.120 e. The molecule has 3 heterocycles. The molecule has 2 N–H and O–H groups in total. The Morgan fingerprint density at radius 3 is 1.89 bits per heavy atom. The molecule has 1 aliphatic carbocycles. The molecule has 44 heavy (non-hydrogen) atoms. The molecule has 4 rings (SSSR count). The first-order valence-electron chi connectivity index (χ1n) is 16.3. The molecule has 1 saturated carbocycles. The van der Waals surface area contributed by atoms with E-state index < -0.39 is 11.2 Å². The highest BCUT2D eigenvalue weighted by atomic mass is 16.5. The van der Waals surface area contributed by atoms with Crippen LogP contribution in [0.25, 0.3) is 0 Å². The van der Waals surface area contributed by atoms with Crippen molar-refractivity contribution in [1.82, 2.24) is 0 Å². The van der Waals surface area contributed by atoms with E-state index in [2.05, 4.69) is 141 Å². The van der Waals surface area contributed by atoms with Crippen LogP contribution in [0.4, 0.5) is 0 Å². The quantitative estimate of drug-likeness (QED) is 0.205. The maximum Gasteiger partial charge on any atom is 0.120 e. The molecule has 4 heteroatoms. The molecule has 2 bridgehead atoms. The third kappa shape index (κ3) is 7.15. The summed E-state index contributed by atoms with van der Waals surface area (Å²) in [6, 6.07) is 0. The van der Waals surface area contributed by atoms with Crippen LogP contribution < -0.4 is 0 Å². The standard InChI is InChI=1S/C40H56O4/c1-28(17-13-18-30(3)21-22-40-37(7,8)26-33(43-40)27-39(40,10)42)15-11-12-16-29(2)19-14-20-31(4)34-23-35-36(5,6)24-32(41)25-38(35,9)44-34/h11-23,32-34,41-42H,24-27H2,1-10H3/b12-11+,17-13+,19-14+,22-21+,28-15+,29-16+,30-18+,31-20+/t32-,33-,34-,38+,39+,40+/m0/s1. The van der Waals surface area contributed by atoms with E-state index in [9.17, 15) is 10.2 Å². The minimum absolute atomic E-state index is 0.0514. The summed E-state index contributed by atoms with van der Waals surface area (Å²) in [6.45, 7) is 21.2. The van der Waals surface area contributed by atoms with Crippen LogP contribution in [-0.2, 0) is 9.47 Å². The highest BCUT2D eigenvalue weighted by Crippen LogP contribution is 2.60. The third-order valence-corrected chi connectivity index (χ3v) is 10.2. The zero-order valence-corrected chi connectivity index (χ0v) is 28.8. The molecule has 0 aromatic rings. The van der Waals surface area contributed by atoms with Crippen LogP contribution in [0.2, 0.25) is 0 Å². The molecule has 0 radical (unpaired) electrons. The van der Waals surface area contributed by atoms with Gasteiger partial charge in [-0.05, 0) is 83.1 Å². The Kier molecular flexibility index (Phi) is 9.93. The van der Waals surface area contributed by atoms with Gasteiger partial charge in [0, 0.05) is 18.3 Å². The maximum atomic E-state index is 11.1. The summed E-state index contributed by atoms with van der Waals surface area (Å²) < 4.78 is 12.8. The highest BCUT2D eigenvalue weighted by molar-refractivity contribution is 5.38. The van der Waals surface area contributed by atoms with Crippen molar-refractivity contribution in [2.75, 3.05) is 0 Å². The van der Waals surface area contributed by atoms with Crippen molar-refractivity contribution in [3.8, 4) is 0 Å². The van der Waals surface area contributed by atoms with Crippen LogP contribution in [0.15, 0.2) is 107 Å². The first kappa shape index (κ1) is 34.4. The van der Waals surface area contributed by atoms with Gasteiger partial charge in [0.05, 0.1) is 29.5 Å². The van der Waals surface area contributed by atoms with Gasteiger partial charge in [0.1, 0.15) is 5.60 Å². The molecule has 0 amide bonds. The van der Waals surface area contributed by atoms with Crippen molar-refractivity contribution in [1.29, 1.82) is 0 Å². The molecule has 3 fully saturated rings. The average molecular weight is 601 g/mol. The van der Waals surface area contributed by atoms with Crippen molar-refractivity contribution in [2.45, 2.75) is 130 Å². The Labute approximate surface area is 267 Å². The molecule has 4 aliphatic rings. The molecule has 0 unspecified atom stereocenters. The minimum atomic E-state index is -0.848. The average Bonchev–Trinajstić information content (AvgIpc) is 3.47. The summed E-state index contributed by atoms with van der Waals surface area (Å²) in [5, 5.41) is 21.5. The van der Waals surface area contributed by atoms with Crippen molar-refractivity contribution < 1.29 is 19.7 Å². The Morgan fingerprint density at radius 2 is 1.30 bits per heavy atom. The molecule has 240 valence electrons. The predicted octanol–water partition coefficient (Wildman–Crippen LogP) is 8.97. The van der Waals surface area contributed by atoms with E-state index in [1.54, 1.807) is 0 Å². The monoisotopic (exact) mass is 600 g/mol. The van der Waals surface area contributed by atoms with Crippen molar-refractivity contribution in [3.63, 3.8) is 0 Å². The molecule has 0 spiro atoms. The summed E-state index contributed by atoms with van der Waals surface area (Å²) in [4.78, 5) is 0. The normalized spacial score (nSPS) is 37.7. The number of ether oxygens (including phenoxy) is 2. The van der Waals surface area contributed by atoms with Gasteiger partial charge in [0.2, 0.25) is 0 Å². The zero-order valence-electron chi connectivity index (χ0n) is 28.8. The molecule has 0 aromatic heterocycles. The van der Waals surface area contributed by atoms with Gasteiger partial charge in [-0.25, -0.2) is 0 Å². The highest BCUT2D eigenvalue weighted by Gasteiger charge is 2.67. The maximum absolute atomic E-state index is 11.1. The van der Waals surface area contributed by atoms with Crippen LogP contribution >= 0.6 is 0 Å². The molecular formula is C40H56O4. The van der Waals surface area contributed by atoms with E-state index in [1.165, 1.54) is 5.57 Å². The second-order valence-corrected chi connectivity index (χ2v) is 15.4. The SMILES string of the molecule is CC(/C=C/C=C(C)/C=C/[C@@]12O[C@@H](CC1(C)C)C[C@@]2(C)O)=C\C=C\C=C(C)\C=C\C=C(/C)[C@@H]1C=C2C(C)(C)C[C@H](O)C[C@@]2(C)O1.